The number of methoxy groups -OCH3 is 2. The Morgan fingerprint density at radius 3 is 2.22 bits per heavy atom. The average molecular weight is 502 g/mol. The highest BCUT2D eigenvalue weighted by Gasteiger charge is 2.47. The highest BCUT2D eigenvalue weighted by Crippen LogP contribution is 2.43. The maximum atomic E-state index is 13.4. The number of Topliss-reactive ketones (excluding diaryl/α,β-unsaturated/α-hetero) is 1. The molecule has 8 heteroatoms. The van der Waals surface area contributed by atoms with Crippen molar-refractivity contribution in [2.75, 3.05) is 19.1 Å². The SMILES string of the molecule is COc1ccc(N2C(=O)C(=O)/C(=C(/O)c3cc(C)c(OC)cc3C)C2c2cccc(OC(C)=O)c2)cc1. The smallest absolute Gasteiger partial charge is 0.308 e. The number of amides is 1. The molecule has 0 bridgehead atoms. The second-order valence-electron chi connectivity index (χ2n) is 8.67. The third kappa shape index (κ3) is 4.78. The van der Waals surface area contributed by atoms with Crippen LogP contribution < -0.4 is 19.1 Å². The Balaban J connectivity index is 1.96. The third-order valence-corrected chi connectivity index (χ3v) is 6.23. The first kappa shape index (κ1) is 25.5. The van der Waals surface area contributed by atoms with Crippen LogP contribution in [-0.4, -0.2) is 37.0 Å². The Hall–Kier alpha value is -4.59. The number of ether oxygens (including phenoxy) is 3. The van der Waals surface area contributed by atoms with Crippen LogP contribution >= 0.6 is 0 Å². The number of carbonyl (C=O) groups is 3. The standard InChI is InChI=1S/C29H27NO7/c1-16-14-24(36-5)17(2)13-23(16)27(32)25-26(19-7-6-8-22(15-19)37-18(3)31)30(29(34)28(25)33)20-9-11-21(35-4)12-10-20/h6-15,26,32H,1-5H3/b27-25+. The summed E-state index contributed by atoms with van der Waals surface area (Å²) in [5.74, 6) is -0.967. The average Bonchev–Trinajstić information content (AvgIpc) is 3.14. The quantitative estimate of drug-likeness (QED) is 0.169. The van der Waals surface area contributed by atoms with Crippen molar-refractivity contribution in [1.82, 2.24) is 0 Å². The Kier molecular flexibility index (Phi) is 7.02. The molecule has 0 saturated carbocycles. The fourth-order valence-corrected chi connectivity index (χ4v) is 4.48. The number of aliphatic hydroxyl groups excluding tert-OH is 1. The first-order valence-electron chi connectivity index (χ1n) is 11.5. The molecule has 1 N–H and O–H groups in total. The first-order valence-corrected chi connectivity index (χ1v) is 11.5. The van der Waals surface area contributed by atoms with E-state index >= 15 is 0 Å². The lowest BCUT2D eigenvalue weighted by Gasteiger charge is -2.26. The molecule has 0 spiro atoms. The van der Waals surface area contributed by atoms with Gasteiger partial charge in [0.15, 0.2) is 0 Å². The van der Waals surface area contributed by atoms with Crippen LogP contribution in [-0.2, 0) is 14.4 Å². The zero-order valence-corrected chi connectivity index (χ0v) is 21.2. The lowest BCUT2D eigenvalue weighted by atomic mass is 9.93. The summed E-state index contributed by atoms with van der Waals surface area (Å²) in [4.78, 5) is 39.7. The number of aliphatic hydroxyl groups is 1. The lowest BCUT2D eigenvalue weighted by Crippen LogP contribution is -2.29. The number of benzene rings is 3. The molecular weight excluding hydrogens is 474 g/mol. The van der Waals surface area contributed by atoms with Gasteiger partial charge in [0.2, 0.25) is 0 Å². The zero-order chi connectivity index (χ0) is 26.9. The summed E-state index contributed by atoms with van der Waals surface area (Å²) in [6, 6.07) is 15.7. The van der Waals surface area contributed by atoms with E-state index < -0.39 is 23.7 Å². The Morgan fingerprint density at radius 1 is 0.892 bits per heavy atom. The van der Waals surface area contributed by atoms with Gasteiger partial charge in [-0.2, -0.15) is 0 Å². The second kappa shape index (κ2) is 10.2. The largest absolute Gasteiger partial charge is 0.507 e. The molecule has 1 heterocycles. The van der Waals surface area contributed by atoms with Crippen LogP contribution in [0.3, 0.4) is 0 Å². The molecule has 8 nitrogen and oxygen atoms in total. The number of esters is 1. The maximum Gasteiger partial charge on any atom is 0.308 e. The van der Waals surface area contributed by atoms with Crippen LogP contribution in [0.2, 0.25) is 0 Å². The van der Waals surface area contributed by atoms with E-state index in [9.17, 15) is 19.5 Å². The molecule has 3 aromatic carbocycles. The molecule has 1 aliphatic heterocycles. The van der Waals surface area contributed by atoms with Crippen molar-refractivity contribution in [3.8, 4) is 17.2 Å². The highest BCUT2D eigenvalue weighted by atomic mass is 16.5. The van der Waals surface area contributed by atoms with E-state index in [-0.39, 0.29) is 17.1 Å². The van der Waals surface area contributed by atoms with Gasteiger partial charge in [-0.1, -0.05) is 12.1 Å². The van der Waals surface area contributed by atoms with Crippen LogP contribution in [0.5, 0.6) is 17.2 Å². The van der Waals surface area contributed by atoms with Gasteiger partial charge in [-0.25, -0.2) is 0 Å². The minimum absolute atomic E-state index is 0.0755. The molecule has 190 valence electrons. The van der Waals surface area contributed by atoms with Crippen molar-refractivity contribution >= 4 is 29.1 Å². The normalized spacial score (nSPS) is 16.6. The van der Waals surface area contributed by atoms with Gasteiger partial charge in [-0.15, -0.1) is 0 Å². The Bertz CT molecular complexity index is 1420. The van der Waals surface area contributed by atoms with E-state index in [2.05, 4.69) is 0 Å². The number of ketones is 1. The molecule has 1 amide bonds. The van der Waals surface area contributed by atoms with Gasteiger partial charge < -0.3 is 19.3 Å². The van der Waals surface area contributed by atoms with Gasteiger partial charge in [0, 0.05) is 18.2 Å². The number of nitrogens with zero attached hydrogens (tertiary/aromatic N) is 1. The van der Waals surface area contributed by atoms with E-state index in [0.29, 0.717) is 33.9 Å². The number of rotatable bonds is 6. The summed E-state index contributed by atoms with van der Waals surface area (Å²) in [5, 5.41) is 11.5. The summed E-state index contributed by atoms with van der Waals surface area (Å²) in [5.41, 5.74) is 2.68. The topological polar surface area (TPSA) is 102 Å². The fraction of sp³-hybridized carbons (Fsp3) is 0.207. The number of carbonyl (C=O) groups excluding carboxylic acids is 3. The predicted octanol–water partition coefficient (Wildman–Crippen LogP) is 4.87. The third-order valence-electron chi connectivity index (χ3n) is 6.23. The monoisotopic (exact) mass is 501 g/mol. The first-order chi connectivity index (χ1) is 17.7. The van der Waals surface area contributed by atoms with E-state index in [4.69, 9.17) is 14.2 Å². The second-order valence-corrected chi connectivity index (χ2v) is 8.67. The van der Waals surface area contributed by atoms with Gasteiger partial charge in [0.05, 0.1) is 25.8 Å². The molecule has 1 fully saturated rings. The molecule has 3 aromatic rings. The van der Waals surface area contributed by atoms with E-state index in [0.717, 1.165) is 5.56 Å². The molecule has 0 aliphatic carbocycles. The van der Waals surface area contributed by atoms with Gasteiger partial charge in [-0.3, -0.25) is 19.3 Å². The highest BCUT2D eigenvalue weighted by molar-refractivity contribution is 6.51. The minimum Gasteiger partial charge on any atom is -0.507 e. The summed E-state index contributed by atoms with van der Waals surface area (Å²) in [6.45, 7) is 4.89. The minimum atomic E-state index is -0.981. The molecule has 1 unspecified atom stereocenters. The van der Waals surface area contributed by atoms with Gasteiger partial charge in [0.1, 0.15) is 23.0 Å². The number of hydrogen-bond acceptors (Lipinski definition) is 7. The van der Waals surface area contributed by atoms with E-state index in [1.54, 1.807) is 74.7 Å². The lowest BCUT2D eigenvalue weighted by molar-refractivity contribution is -0.132. The van der Waals surface area contributed by atoms with Crippen molar-refractivity contribution in [2.45, 2.75) is 26.8 Å². The molecule has 37 heavy (non-hydrogen) atoms. The number of hydrogen-bond donors (Lipinski definition) is 1. The molecule has 0 radical (unpaired) electrons. The van der Waals surface area contributed by atoms with Crippen molar-refractivity contribution < 1.29 is 33.7 Å². The zero-order valence-electron chi connectivity index (χ0n) is 21.2. The number of aryl methyl sites for hydroxylation is 2. The Morgan fingerprint density at radius 2 is 1.59 bits per heavy atom. The predicted molar refractivity (Wildman–Crippen MR) is 138 cm³/mol. The molecule has 4 rings (SSSR count). The van der Waals surface area contributed by atoms with Gasteiger partial charge in [0.25, 0.3) is 11.7 Å². The van der Waals surface area contributed by atoms with Crippen LogP contribution in [0.4, 0.5) is 5.69 Å². The molecular formula is C29H27NO7. The van der Waals surface area contributed by atoms with Gasteiger partial charge in [-0.05, 0) is 79.1 Å². The molecule has 0 aromatic heterocycles. The fourth-order valence-electron chi connectivity index (χ4n) is 4.48. The molecule has 1 saturated heterocycles. The van der Waals surface area contributed by atoms with E-state index in [1.807, 2.05) is 6.92 Å². The molecule has 1 atom stereocenters. The van der Waals surface area contributed by atoms with Crippen molar-refractivity contribution in [2.24, 2.45) is 0 Å². The van der Waals surface area contributed by atoms with E-state index in [1.165, 1.54) is 18.9 Å². The summed E-state index contributed by atoms with van der Waals surface area (Å²) < 4.78 is 15.8. The summed E-state index contributed by atoms with van der Waals surface area (Å²) in [7, 11) is 3.08. The van der Waals surface area contributed by atoms with Crippen molar-refractivity contribution in [3.05, 3.63) is 88.5 Å². The van der Waals surface area contributed by atoms with Crippen LogP contribution in [0.15, 0.2) is 66.2 Å². The van der Waals surface area contributed by atoms with Crippen molar-refractivity contribution in [3.63, 3.8) is 0 Å². The van der Waals surface area contributed by atoms with Crippen molar-refractivity contribution in [1.29, 1.82) is 0 Å². The Labute approximate surface area is 214 Å². The maximum absolute atomic E-state index is 13.4. The summed E-state index contributed by atoms with van der Waals surface area (Å²) in [6.07, 6.45) is 0. The summed E-state index contributed by atoms with van der Waals surface area (Å²) >= 11 is 0. The van der Waals surface area contributed by atoms with Crippen LogP contribution in [0.25, 0.3) is 5.76 Å². The van der Waals surface area contributed by atoms with Crippen LogP contribution in [0, 0.1) is 13.8 Å². The number of anilines is 1. The molecule has 1 aliphatic rings. The van der Waals surface area contributed by atoms with Crippen LogP contribution in [0.1, 0.15) is 35.2 Å². The van der Waals surface area contributed by atoms with Gasteiger partial charge >= 0.3 is 5.97 Å².